The van der Waals surface area contributed by atoms with Crippen LogP contribution in [0, 0.1) is 0 Å². The number of para-hydroxylation sites is 1. The number of phenolic OH excluding ortho intramolecular Hbond substituents is 1. The summed E-state index contributed by atoms with van der Waals surface area (Å²) in [7, 11) is 0. The number of rotatable bonds is 6. The third kappa shape index (κ3) is 4.80. The van der Waals surface area contributed by atoms with Gasteiger partial charge in [-0.3, -0.25) is 20.4 Å². The number of carbonyl (C=O) groups excluding carboxylic acids is 2. The van der Waals surface area contributed by atoms with Crippen molar-refractivity contribution in [2.75, 3.05) is 0 Å². The van der Waals surface area contributed by atoms with E-state index in [4.69, 9.17) is 4.52 Å². The number of hydrogen-bond acceptors (Lipinski definition) is 6. The van der Waals surface area contributed by atoms with Crippen LogP contribution in [0.4, 0.5) is 0 Å². The average molecular weight is 318 g/mol. The largest absolute Gasteiger partial charge is 0.507 e. The highest BCUT2D eigenvalue weighted by Gasteiger charge is 2.12. The van der Waals surface area contributed by atoms with E-state index in [0.717, 1.165) is 12.8 Å². The highest BCUT2D eigenvalue weighted by atomic mass is 16.5. The van der Waals surface area contributed by atoms with Gasteiger partial charge in [0.1, 0.15) is 5.75 Å². The van der Waals surface area contributed by atoms with Gasteiger partial charge < -0.3 is 9.63 Å². The monoisotopic (exact) mass is 318 g/mol. The molecule has 0 spiro atoms. The van der Waals surface area contributed by atoms with Gasteiger partial charge >= 0.3 is 0 Å². The summed E-state index contributed by atoms with van der Waals surface area (Å²) in [4.78, 5) is 27.6. The summed E-state index contributed by atoms with van der Waals surface area (Å²) in [5.74, 6) is -0.150. The molecule has 1 aromatic carbocycles. The molecule has 0 unspecified atom stereocenters. The van der Waals surface area contributed by atoms with E-state index in [2.05, 4.69) is 21.0 Å². The van der Waals surface area contributed by atoms with E-state index in [9.17, 15) is 14.7 Å². The Hall–Kier alpha value is -2.90. The first-order valence-electron chi connectivity index (χ1n) is 7.28. The van der Waals surface area contributed by atoms with Gasteiger partial charge in [-0.2, -0.15) is 4.98 Å². The second-order valence-electron chi connectivity index (χ2n) is 4.87. The van der Waals surface area contributed by atoms with Crippen LogP contribution in [0.5, 0.6) is 5.75 Å². The van der Waals surface area contributed by atoms with E-state index >= 15 is 0 Å². The minimum absolute atomic E-state index is 0.0777. The maximum atomic E-state index is 11.8. The van der Waals surface area contributed by atoms with E-state index in [1.54, 1.807) is 12.1 Å². The van der Waals surface area contributed by atoms with Gasteiger partial charge in [0.25, 0.3) is 5.91 Å². The number of aromatic nitrogens is 2. The van der Waals surface area contributed by atoms with Gasteiger partial charge in [0.15, 0.2) is 5.82 Å². The molecule has 0 bridgehead atoms. The molecule has 1 aromatic heterocycles. The second kappa shape index (κ2) is 7.92. The summed E-state index contributed by atoms with van der Waals surface area (Å²) in [6, 6.07) is 6.05. The number of nitrogens with zero attached hydrogens (tertiary/aromatic N) is 2. The fourth-order valence-corrected chi connectivity index (χ4v) is 1.86. The molecule has 0 saturated heterocycles. The second-order valence-corrected chi connectivity index (χ2v) is 4.87. The quantitative estimate of drug-likeness (QED) is 0.687. The number of aromatic hydroxyl groups is 1. The normalized spacial score (nSPS) is 10.3. The topological polar surface area (TPSA) is 117 Å². The Bertz CT molecular complexity index is 684. The van der Waals surface area contributed by atoms with Gasteiger partial charge in [-0.05, 0) is 18.6 Å². The van der Waals surface area contributed by atoms with Gasteiger partial charge in [0, 0.05) is 19.3 Å². The minimum atomic E-state index is -0.598. The van der Waals surface area contributed by atoms with Crippen LogP contribution in [0.15, 0.2) is 28.8 Å². The van der Waals surface area contributed by atoms with E-state index in [1.807, 2.05) is 6.92 Å². The number of hydrazine groups is 1. The Kier molecular flexibility index (Phi) is 5.67. The predicted molar refractivity (Wildman–Crippen MR) is 80.3 cm³/mol. The fourth-order valence-electron chi connectivity index (χ4n) is 1.86. The van der Waals surface area contributed by atoms with Crippen molar-refractivity contribution in [2.24, 2.45) is 0 Å². The van der Waals surface area contributed by atoms with Crippen molar-refractivity contribution in [3.05, 3.63) is 41.5 Å². The van der Waals surface area contributed by atoms with Crippen molar-refractivity contribution in [3.63, 3.8) is 0 Å². The van der Waals surface area contributed by atoms with E-state index < -0.39 is 11.8 Å². The highest BCUT2D eigenvalue weighted by Crippen LogP contribution is 2.14. The molecule has 0 aliphatic rings. The number of amides is 2. The van der Waals surface area contributed by atoms with Crippen LogP contribution in [0.25, 0.3) is 0 Å². The standard InChI is InChI=1S/C15H18N4O4/c1-2-5-12-16-14(23-19-12)9-8-13(21)17-18-15(22)10-6-3-4-7-11(10)20/h3-4,6-7,20H,2,5,8-9H2,1H3,(H,17,21)(H,18,22). The Morgan fingerprint density at radius 3 is 2.74 bits per heavy atom. The molecule has 8 nitrogen and oxygen atoms in total. The lowest BCUT2D eigenvalue weighted by molar-refractivity contribution is -0.121. The molecule has 2 rings (SSSR count). The summed E-state index contributed by atoms with van der Waals surface area (Å²) in [5, 5.41) is 13.3. The molecule has 0 atom stereocenters. The third-order valence-corrected chi connectivity index (χ3v) is 3.01. The Morgan fingerprint density at radius 1 is 1.22 bits per heavy atom. The first-order valence-corrected chi connectivity index (χ1v) is 7.28. The van der Waals surface area contributed by atoms with Crippen LogP contribution >= 0.6 is 0 Å². The number of phenols is 1. The number of hydrogen-bond donors (Lipinski definition) is 3. The highest BCUT2D eigenvalue weighted by molar-refractivity contribution is 5.97. The fraction of sp³-hybridized carbons (Fsp3) is 0.333. The minimum Gasteiger partial charge on any atom is -0.507 e. The molecule has 122 valence electrons. The number of benzene rings is 1. The summed E-state index contributed by atoms with van der Waals surface area (Å²) in [6.07, 6.45) is 2.02. The Labute approximate surface area is 132 Å². The van der Waals surface area contributed by atoms with Crippen LogP contribution in [-0.4, -0.2) is 27.1 Å². The van der Waals surface area contributed by atoms with Crippen molar-refractivity contribution >= 4 is 11.8 Å². The molecular weight excluding hydrogens is 300 g/mol. The summed E-state index contributed by atoms with van der Waals surface area (Å²) in [6.45, 7) is 2.01. The molecule has 0 saturated carbocycles. The first kappa shape index (κ1) is 16.5. The smallest absolute Gasteiger partial charge is 0.273 e. The lowest BCUT2D eigenvalue weighted by Crippen LogP contribution is -2.41. The molecule has 2 amide bonds. The van der Waals surface area contributed by atoms with Crippen LogP contribution < -0.4 is 10.9 Å². The molecular formula is C15H18N4O4. The van der Waals surface area contributed by atoms with Crippen molar-refractivity contribution < 1.29 is 19.2 Å². The molecule has 0 aliphatic heterocycles. The van der Waals surface area contributed by atoms with Crippen molar-refractivity contribution in [1.82, 2.24) is 21.0 Å². The third-order valence-electron chi connectivity index (χ3n) is 3.01. The van der Waals surface area contributed by atoms with Gasteiger partial charge in [-0.15, -0.1) is 0 Å². The lowest BCUT2D eigenvalue weighted by Gasteiger charge is -2.07. The van der Waals surface area contributed by atoms with Crippen LogP contribution in [0.3, 0.4) is 0 Å². The summed E-state index contributed by atoms with van der Waals surface area (Å²) >= 11 is 0. The van der Waals surface area contributed by atoms with E-state index in [0.29, 0.717) is 11.7 Å². The van der Waals surface area contributed by atoms with E-state index in [1.165, 1.54) is 12.1 Å². The lowest BCUT2D eigenvalue weighted by atomic mass is 10.2. The molecule has 0 radical (unpaired) electrons. The zero-order chi connectivity index (χ0) is 16.7. The first-order chi connectivity index (χ1) is 11.1. The molecule has 1 heterocycles. The van der Waals surface area contributed by atoms with Crippen molar-refractivity contribution in [3.8, 4) is 5.75 Å². The summed E-state index contributed by atoms with van der Waals surface area (Å²) < 4.78 is 5.02. The molecule has 0 fully saturated rings. The van der Waals surface area contributed by atoms with Crippen LogP contribution in [0.2, 0.25) is 0 Å². The SMILES string of the molecule is CCCc1noc(CCC(=O)NNC(=O)c2ccccc2O)n1. The van der Waals surface area contributed by atoms with Crippen molar-refractivity contribution in [1.29, 1.82) is 0 Å². The zero-order valence-corrected chi connectivity index (χ0v) is 12.7. The predicted octanol–water partition coefficient (Wildman–Crippen LogP) is 1.12. The van der Waals surface area contributed by atoms with Gasteiger partial charge in [-0.1, -0.05) is 24.2 Å². The zero-order valence-electron chi connectivity index (χ0n) is 12.7. The van der Waals surface area contributed by atoms with Crippen LogP contribution in [0.1, 0.15) is 41.8 Å². The molecule has 23 heavy (non-hydrogen) atoms. The van der Waals surface area contributed by atoms with Crippen LogP contribution in [-0.2, 0) is 17.6 Å². The maximum absolute atomic E-state index is 11.8. The van der Waals surface area contributed by atoms with Crippen molar-refractivity contribution in [2.45, 2.75) is 32.6 Å². The van der Waals surface area contributed by atoms with Gasteiger partial charge in [0.2, 0.25) is 11.8 Å². The Balaban J connectivity index is 1.76. The van der Waals surface area contributed by atoms with Gasteiger partial charge in [0.05, 0.1) is 5.56 Å². The molecule has 8 heteroatoms. The van der Waals surface area contributed by atoms with Gasteiger partial charge in [-0.25, -0.2) is 0 Å². The molecule has 3 N–H and O–H groups in total. The molecule has 0 aliphatic carbocycles. The number of aryl methyl sites for hydroxylation is 2. The molecule has 2 aromatic rings. The maximum Gasteiger partial charge on any atom is 0.273 e. The Morgan fingerprint density at radius 2 is 2.00 bits per heavy atom. The number of carbonyl (C=O) groups is 2. The average Bonchev–Trinajstić information content (AvgIpc) is 2.99. The summed E-state index contributed by atoms with van der Waals surface area (Å²) in [5.41, 5.74) is 4.58. The van der Waals surface area contributed by atoms with E-state index in [-0.39, 0.29) is 24.2 Å². The number of nitrogens with one attached hydrogen (secondary N) is 2.